The van der Waals surface area contributed by atoms with Crippen LogP contribution in [0.4, 0.5) is 5.82 Å². The predicted molar refractivity (Wildman–Crippen MR) is 79.7 cm³/mol. The minimum absolute atomic E-state index is 0.511. The van der Waals surface area contributed by atoms with Gasteiger partial charge >= 0.3 is 0 Å². The average molecular weight is 272 g/mol. The van der Waals surface area contributed by atoms with Crippen molar-refractivity contribution in [1.29, 1.82) is 0 Å². The highest BCUT2D eigenvalue weighted by molar-refractivity contribution is 5.88. The van der Waals surface area contributed by atoms with Crippen LogP contribution in [0.15, 0.2) is 24.5 Å². The standard InChI is InChI=1S/C15H20N4O/c1-19-6-4-11(5-7-19)9-20-12-2-3-13-14(8-12)17-10-18-15(13)16/h2-3,8,10-11H,4-7,9H2,1H3,(H2,16,17,18). The molecule has 1 saturated heterocycles. The topological polar surface area (TPSA) is 64.3 Å². The van der Waals surface area contributed by atoms with Crippen LogP contribution >= 0.6 is 0 Å². The molecular weight excluding hydrogens is 252 g/mol. The van der Waals surface area contributed by atoms with Gasteiger partial charge in [0.1, 0.15) is 17.9 Å². The molecule has 0 amide bonds. The van der Waals surface area contributed by atoms with Gasteiger partial charge in [-0.3, -0.25) is 0 Å². The Bertz CT molecular complexity index is 593. The maximum absolute atomic E-state index is 5.91. The number of ether oxygens (including phenoxy) is 1. The summed E-state index contributed by atoms with van der Waals surface area (Å²) >= 11 is 0. The van der Waals surface area contributed by atoms with Gasteiger partial charge in [-0.1, -0.05) is 0 Å². The first kappa shape index (κ1) is 13.1. The quantitative estimate of drug-likeness (QED) is 0.925. The van der Waals surface area contributed by atoms with E-state index >= 15 is 0 Å². The van der Waals surface area contributed by atoms with E-state index in [0.717, 1.165) is 36.3 Å². The predicted octanol–water partition coefficient (Wildman–Crippen LogP) is 1.93. The van der Waals surface area contributed by atoms with E-state index in [1.807, 2.05) is 18.2 Å². The number of rotatable bonds is 3. The summed E-state index contributed by atoms with van der Waals surface area (Å²) in [7, 11) is 2.17. The van der Waals surface area contributed by atoms with Crippen molar-refractivity contribution in [3.63, 3.8) is 0 Å². The van der Waals surface area contributed by atoms with Gasteiger partial charge in [0.15, 0.2) is 0 Å². The molecule has 0 radical (unpaired) electrons. The second-order valence-electron chi connectivity index (χ2n) is 5.50. The molecule has 3 rings (SSSR count). The van der Waals surface area contributed by atoms with E-state index in [4.69, 9.17) is 10.5 Å². The molecule has 0 saturated carbocycles. The van der Waals surface area contributed by atoms with Crippen molar-refractivity contribution >= 4 is 16.7 Å². The Morgan fingerprint density at radius 3 is 2.90 bits per heavy atom. The molecule has 0 bridgehead atoms. The molecule has 0 atom stereocenters. The van der Waals surface area contributed by atoms with E-state index in [-0.39, 0.29) is 0 Å². The highest BCUT2D eigenvalue weighted by Gasteiger charge is 2.17. The Balaban J connectivity index is 1.66. The van der Waals surface area contributed by atoms with E-state index in [1.54, 1.807) is 0 Å². The fraction of sp³-hybridized carbons (Fsp3) is 0.467. The Morgan fingerprint density at radius 2 is 2.10 bits per heavy atom. The van der Waals surface area contributed by atoms with Crippen LogP contribution in [0.5, 0.6) is 5.75 Å². The number of fused-ring (bicyclic) bond motifs is 1. The number of piperidine rings is 1. The number of hydrogen-bond donors (Lipinski definition) is 1. The van der Waals surface area contributed by atoms with E-state index in [0.29, 0.717) is 11.7 Å². The van der Waals surface area contributed by atoms with Gasteiger partial charge in [0.05, 0.1) is 12.1 Å². The first-order valence-electron chi connectivity index (χ1n) is 7.04. The van der Waals surface area contributed by atoms with Crippen molar-refractivity contribution in [2.75, 3.05) is 32.5 Å². The summed E-state index contributed by atoms with van der Waals surface area (Å²) in [5, 5.41) is 0.874. The fourth-order valence-corrected chi connectivity index (χ4v) is 2.59. The van der Waals surface area contributed by atoms with E-state index in [2.05, 4.69) is 21.9 Å². The van der Waals surface area contributed by atoms with Gasteiger partial charge in [-0.15, -0.1) is 0 Å². The zero-order valence-corrected chi connectivity index (χ0v) is 11.7. The molecule has 5 nitrogen and oxygen atoms in total. The van der Waals surface area contributed by atoms with Crippen molar-refractivity contribution in [2.24, 2.45) is 5.92 Å². The molecule has 2 heterocycles. The molecule has 0 spiro atoms. The van der Waals surface area contributed by atoms with Crippen molar-refractivity contribution in [2.45, 2.75) is 12.8 Å². The minimum atomic E-state index is 0.511. The van der Waals surface area contributed by atoms with Crippen molar-refractivity contribution in [3.8, 4) is 5.75 Å². The second-order valence-corrected chi connectivity index (χ2v) is 5.50. The molecule has 1 fully saturated rings. The van der Waals surface area contributed by atoms with Crippen LogP contribution in [-0.4, -0.2) is 41.6 Å². The number of likely N-dealkylation sites (tertiary alicyclic amines) is 1. The van der Waals surface area contributed by atoms with Gasteiger partial charge < -0.3 is 15.4 Å². The van der Waals surface area contributed by atoms with Gasteiger partial charge in [0.2, 0.25) is 0 Å². The molecule has 0 unspecified atom stereocenters. The number of hydrogen-bond acceptors (Lipinski definition) is 5. The molecule has 1 aliphatic rings. The summed E-state index contributed by atoms with van der Waals surface area (Å²) in [6.07, 6.45) is 3.90. The number of anilines is 1. The second kappa shape index (κ2) is 5.63. The minimum Gasteiger partial charge on any atom is -0.493 e. The van der Waals surface area contributed by atoms with Crippen molar-refractivity contribution in [3.05, 3.63) is 24.5 Å². The molecular formula is C15H20N4O. The van der Waals surface area contributed by atoms with Crippen LogP contribution in [0, 0.1) is 5.92 Å². The summed E-state index contributed by atoms with van der Waals surface area (Å²) < 4.78 is 5.91. The summed E-state index contributed by atoms with van der Waals surface area (Å²) in [4.78, 5) is 10.6. The van der Waals surface area contributed by atoms with E-state index in [9.17, 15) is 0 Å². The van der Waals surface area contributed by atoms with Crippen molar-refractivity contribution < 1.29 is 4.74 Å². The van der Waals surface area contributed by atoms with Gasteiger partial charge in [-0.25, -0.2) is 9.97 Å². The zero-order chi connectivity index (χ0) is 13.9. The van der Waals surface area contributed by atoms with Crippen LogP contribution in [-0.2, 0) is 0 Å². The van der Waals surface area contributed by atoms with Crippen LogP contribution < -0.4 is 10.5 Å². The number of nitrogens with two attached hydrogens (primary N) is 1. The zero-order valence-electron chi connectivity index (χ0n) is 11.7. The SMILES string of the molecule is CN1CCC(COc2ccc3c(N)ncnc3c2)CC1. The van der Waals surface area contributed by atoms with Gasteiger partial charge in [-0.05, 0) is 51.0 Å². The number of aromatic nitrogens is 2. The third-order valence-electron chi connectivity index (χ3n) is 3.96. The molecule has 1 aromatic heterocycles. The smallest absolute Gasteiger partial charge is 0.134 e. The summed E-state index contributed by atoms with van der Waals surface area (Å²) in [6.45, 7) is 3.10. The molecule has 2 aromatic rings. The third kappa shape index (κ3) is 2.82. The summed E-state index contributed by atoms with van der Waals surface area (Å²) in [5.41, 5.74) is 6.65. The van der Waals surface area contributed by atoms with Crippen LogP contribution in [0.3, 0.4) is 0 Å². The van der Waals surface area contributed by atoms with Crippen molar-refractivity contribution in [1.82, 2.24) is 14.9 Å². The summed E-state index contributed by atoms with van der Waals surface area (Å²) in [6, 6.07) is 5.80. The largest absolute Gasteiger partial charge is 0.493 e. The third-order valence-corrected chi connectivity index (χ3v) is 3.96. The highest BCUT2D eigenvalue weighted by Crippen LogP contribution is 2.23. The molecule has 0 aliphatic carbocycles. The van der Waals surface area contributed by atoms with Crippen LogP contribution in [0.2, 0.25) is 0 Å². The Kier molecular flexibility index (Phi) is 3.69. The van der Waals surface area contributed by atoms with Crippen LogP contribution in [0.1, 0.15) is 12.8 Å². The number of nitrogen functional groups attached to an aromatic ring is 1. The highest BCUT2D eigenvalue weighted by atomic mass is 16.5. The number of nitrogens with zero attached hydrogens (tertiary/aromatic N) is 3. The molecule has 5 heteroatoms. The fourth-order valence-electron chi connectivity index (χ4n) is 2.59. The first-order valence-corrected chi connectivity index (χ1v) is 7.04. The van der Waals surface area contributed by atoms with E-state index in [1.165, 1.54) is 19.2 Å². The molecule has 20 heavy (non-hydrogen) atoms. The normalized spacial score (nSPS) is 17.4. The lowest BCUT2D eigenvalue weighted by Crippen LogP contribution is -2.32. The molecule has 2 N–H and O–H groups in total. The maximum atomic E-state index is 5.91. The van der Waals surface area contributed by atoms with Gasteiger partial charge in [-0.2, -0.15) is 0 Å². The average Bonchev–Trinajstić information content (AvgIpc) is 2.47. The first-order chi connectivity index (χ1) is 9.72. The molecule has 1 aromatic carbocycles. The Hall–Kier alpha value is -1.88. The van der Waals surface area contributed by atoms with Gasteiger partial charge in [0, 0.05) is 11.5 Å². The summed E-state index contributed by atoms with van der Waals surface area (Å²) in [5.74, 6) is 2.02. The van der Waals surface area contributed by atoms with E-state index < -0.39 is 0 Å². The Morgan fingerprint density at radius 1 is 1.30 bits per heavy atom. The molecule has 106 valence electrons. The van der Waals surface area contributed by atoms with Gasteiger partial charge in [0.25, 0.3) is 0 Å². The lowest BCUT2D eigenvalue weighted by molar-refractivity contribution is 0.160. The molecule has 1 aliphatic heterocycles. The Labute approximate surface area is 118 Å². The monoisotopic (exact) mass is 272 g/mol. The lowest BCUT2D eigenvalue weighted by atomic mass is 9.98. The van der Waals surface area contributed by atoms with Crippen LogP contribution in [0.25, 0.3) is 10.9 Å². The maximum Gasteiger partial charge on any atom is 0.134 e. The lowest BCUT2D eigenvalue weighted by Gasteiger charge is -2.28. The number of benzene rings is 1.